The maximum atomic E-state index is 11.2. The Kier molecular flexibility index (Phi) is 12.7. The summed E-state index contributed by atoms with van der Waals surface area (Å²) in [6.07, 6.45) is 14.1. The third-order valence-electron chi connectivity index (χ3n) is 2.69. The van der Waals surface area contributed by atoms with Gasteiger partial charge in [0.2, 0.25) is 0 Å². The monoisotopic (exact) mass is 240 g/mol. The lowest BCUT2D eigenvalue weighted by Gasteiger charge is -2.00. The number of carbonyl (C=O) groups excluding carboxylic acids is 1. The van der Waals surface area contributed by atoms with Crippen LogP contribution in [0.3, 0.4) is 0 Å². The van der Waals surface area contributed by atoms with Gasteiger partial charge in [0, 0.05) is 0 Å². The average Bonchev–Trinajstić information content (AvgIpc) is 2.33. The van der Waals surface area contributed by atoms with E-state index in [0.29, 0.717) is 13.0 Å². The molecule has 0 aromatic heterocycles. The van der Waals surface area contributed by atoms with E-state index in [-0.39, 0.29) is 5.97 Å². The number of ether oxygens (including phenoxy) is 1. The predicted octanol–water partition coefficient (Wildman–Crippen LogP) is 4.64. The third kappa shape index (κ3) is 13.1. The third-order valence-corrected chi connectivity index (χ3v) is 2.69. The molecule has 0 saturated carbocycles. The lowest BCUT2D eigenvalue weighted by Crippen LogP contribution is -2.03. The molecule has 0 aromatic carbocycles. The Morgan fingerprint density at radius 1 is 0.941 bits per heavy atom. The minimum atomic E-state index is -0.0966. The van der Waals surface area contributed by atoms with E-state index in [4.69, 9.17) is 4.74 Å². The first-order valence-electron chi connectivity index (χ1n) is 7.11. The summed E-state index contributed by atoms with van der Waals surface area (Å²) in [5.41, 5.74) is 0. The largest absolute Gasteiger partial charge is 0.465 e. The maximum Gasteiger partial charge on any atom is 0.309 e. The first kappa shape index (κ1) is 16.2. The molecular weight excluding hydrogens is 212 g/mol. The van der Waals surface area contributed by atoms with Crippen LogP contribution in [0.15, 0.2) is 12.2 Å². The van der Waals surface area contributed by atoms with E-state index in [1.165, 1.54) is 32.1 Å². The van der Waals surface area contributed by atoms with Gasteiger partial charge in [-0.2, -0.15) is 0 Å². The zero-order valence-corrected chi connectivity index (χ0v) is 11.5. The number of hydrogen-bond donors (Lipinski definition) is 0. The van der Waals surface area contributed by atoms with Crippen LogP contribution in [0.2, 0.25) is 0 Å². The van der Waals surface area contributed by atoms with Crippen LogP contribution in [0.4, 0.5) is 0 Å². The first-order chi connectivity index (χ1) is 8.31. The van der Waals surface area contributed by atoms with Crippen LogP contribution in [0, 0.1) is 0 Å². The van der Waals surface area contributed by atoms with E-state index in [9.17, 15) is 4.79 Å². The lowest BCUT2D eigenvalue weighted by molar-refractivity contribution is -0.142. The van der Waals surface area contributed by atoms with Crippen molar-refractivity contribution in [3.63, 3.8) is 0 Å². The van der Waals surface area contributed by atoms with Crippen LogP contribution in [-0.4, -0.2) is 12.6 Å². The molecule has 0 spiro atoms. The molecule has 0 heterocycles. The quantitative estimate of drug-likeness (QED) is 0.299. The predicted molar refractivity (Wildman–Crippen MR) is 73.0 cm³/mol. The minimum absolute atomic E-state index is 0.0966. The summed E-state index contributed by atoms with van der Waals surface area (Å²) in [5, 5.41) is 0. The summed E-state index contributed by atoms with van der Waals surface area (Å²) in [5.74, 6) is -0.0966. The molecule has 0 unspecified atom stereocenters. The van der Waals surface area contributed by atoms with Gasteiger partial charge < -0.3 is 4.74 Å². The summed E-state index contributed by atoms with van der Waals surface area (Å²) in [4.78, 5) is 11.2. The molecule has 0 N–H and O–H groups in total. The van der Waals surface area contributed by atoms with Crippen molar-refractivity contribution in [3.8, 4) is 0 Å². The van der Waals surface area contributed by atoms with Crippen LogP contribution >= 0.6 is 0 Å². The summed E-state index contributed by atoms with van der Waals surface area (Å²) in [6.45, 7) is 4.89. The number of allylic oxidation sites excluding steroid dienone is 1. The van der Waals surface area contributed by atoms with E-state index in [0.717, 1.165) is 19.3 Å². The van der Waals surface area contributed by atoms with Crippen LogP contribution < -0.4 is 0 Å². The normalized spacial score (nSPS) is 10.9. The first-order valence-corrected chi connectivity index (χ1v) is 7.11. The number of unbranched alkanes of at least 4 members (excludes halogenated alkanes) is 6. The van der Waals surface area contributed by atoms with E-state index < -0.39 is 0 Å². The number of hydrogen-bond acceptors (Lipinski definition) is 2. The topological polar surface area (TPSA) is 26.3 Å². The highest BCUT2D eigenvalue weighted by Gasteiger charge is 1.97. The average molecular weight is 240 g/mol. The molecule has 0 radical (unpaired) electrons. The smallest absolute Gasteiger partial charge is 0.309 e. The van der Waals surface area contributed by atoms with Crippen molar-refractivity contribution in [3.05, 3.63) is 12.2 Å². The van der Waals surface area contributed by atoms with Gasteiger partial charge in [0.15, 0.2) is 0 Å². The Labute approximate surface area is 106 Å². The highest BCUT2D eigenvalue weighted by atomic mass is 16.5. The van der Waals surface area contributed by atoms with Crippen molar-refractivity contribution in [2.75, 3.05) is 6.61 Å². The molecular formula is C15H28O2. The van der Waals surface area contributed by atoms with Crippen LogP contribution in [0.25, 0.3) is 0 Å². The van der Waals surface area contributed by atoms with Gasteiger partial charge in [-0.3, -0.25) is 4.79 Å². The Morgan fingerprint density at radius 3 is 2.35 bits per heavy atom. The van der Waals surface area contributed by atoms with Crippen molar-refractivity contribution < 1.29 is 9.53 Å². The van der Waals surface area contributed by atoms with E-state index >= 15 is 0 Å². The summed E-state index contributed by atoms with van der Waals surface area (Å²) in [6, 6.07) is 0. The van der Waals surface area contributed by atoms with Gasteiger partial charge >= 0.3 is 5.97 Å². The molecule has 0 atom stereocenters. The Hall–Kier alpha value is -0.790. The van der Waals surface area contributed by atoms with Gasteiger partial charge in [0.05, 0.1) is 13.0 Å². The summed E-state index contributed by atoms with van der Waals surface area (Å²) in [7, 11) is 0. The van der Waals surface area contributed by atoms with E-state index in [1.54, 1.807) is 0 Å². The Bertz CT molecular complexity index is 197. The molecule has 0 aliphatic heterocycles. The molecule has 2 heteroatoms. The Morgan fingerprint density at radius 2 is 1.65 bits per heavy atom. The van der Waals surface area contributed by atoms with Crippen molar-refractivity contribution in [2.45, 2.75) is 71.6 Å². The fraction of sp³-hybridized carbons (Fsp3) is 0.800. The molecule has 17 heavy (non-hydrogen) atoms. The molecule has 0 fully saturated rings. The number of carbonyl (C=O) groups is 1. The zero-order valence-electron chi connectivity index (χ0n) is 11.5. The summed E-state index contributed by atoms with van der Waals surface area (Å²) >= 11 is 0. The number of esters is 1. The van der Waals surface area contributed by atoms with Gasteiger partial charge in [-0.25, -0.2) is 0 Å². The zero-order chi connectivity index (χ0) is 12.8. The second-order valence-corrected chi connectivity index (χ2v) is 4.45. The fourth-order valence-electron chi connectivity index (χ4n) is 1.55. The fourth-order valence-corrected chi connectivity index (χ4v) is 1.55. The number of rotatable bonds is 11. The van der Waals surface area contributed by atoms with Gasteiger partial charge in [-0.15, -0.1) is 0 Å². The molecule has 2 nitrogen and oxygen atoms in total. The molecule has 100 valence electrons. The SMILES string of the molecule is CCCCCCCC=CCC(=O)OCCCC. The molecule has 0 aliphatic rings. The molecule has 0 saturated heterocycles. The van der Waals surface area contributed by atoms with Gasteiger partial charge in [-0.1, -0.05) is 58.1 Å². The van der Waals surface area contributed by atoms with Crippen molar-refractivity contribution in [1.82, 2.24) is 0 Å². The van der Waals surface area contributed by atoms with Gasteiger partial charge in [0.1, 0.15) is 0 Å². The molecule has 0 amide bonds. The highest BCUT2D eigenvalue weighted by Crippen LogP contribution is 2.05. The molecule has 0 rings (SSSR count). The van der Waals surface area contributed by atoms with Crippen molar-refractivity contribution in [1.29, 1.82) is 0 Å². The van der Waals surface area contributed by atoms with Crippen molar-refractivity contribution in [2.24, 2.45) is 0 Å². The van der Waals surface area contributed by atoms with Gasteiger partial charge in [-0.05, 0) is 19.3 Å². The molecule has 0 aromatic rings. The van der Waals surface area contributed by atoms with E-state index in [1.807, 2.05) is 6.08 Å². The molecule has 0 bridgehead atoms. The minimum Gasteiger partial charge on any atom is -0.465 e. The Balaban J connectivity index is 3.25. The van der Waals surface area contributed by atoms with Gasteiger partial charge in [0.25, 0.3) is 0 Å². The van der Waals surface area contributed by atoms with Crippen LogP contribution in [0.1, 0.15) is 71.6 Å². The maximum absolute atomic E-state index is 11.2. The second kappa shape index (κ2) is 13.3. The van der Waals surface area contributed by atoms with Crippen LogP contribution in [0.5, 0.6) is 0 Å². The summed E-state index contributed by atoms with van der Waals surface area (Å²) < 4.78 is 5.05. The van der Waals surface area contributed by atoms with Crippen LogP contribution in [-0.2, 0) is 9.53 Å². The van der Waals surface area contributed by atoms with E-state index in [2.05, 4.69) is 19.9 Å². The van der Waals surface area contributed by atoms with Crippen molar-refractivity contribution >= 4 is 5.97 Å². The molecule has 0 aliphatic carbocycles. The standard InChI is InChI=1S/C15H28O2/c1-3-5-7-8-9-10-11-12-13-15(16)17-14-6-4-2/h11-12H,3-10,13-14H2,1-2H3. The lowest BCUT2D eigenvalue weighted by atomic mass is 10.1. The highest BCUT2D eigenvalue weighted by molar-refractivity contribution is 5.71. The second-order valence-electron chi connectivity index (χ2n) is 4.45.